The number of carbonyl (C=O) groups is 1. The zero-order valence-electron chi connectivity index (χ0n) is 12.1. The Hall–Kier alpha value is -2.34. The van der Waals surface area contributed by atoms with Crippen LogP contribution in [0.1, 0.15) is 26.3 Å². The van der Waals surface area contributed by atoms with Gasteiger partial charge in [-0.05, 0) is 38.5 Å². The second kappa shape index (κ2) is 5.57. The molecule has 21 heavy (non-hydrogen) atoms. The summed E-state index contributed by atoms with van der Waals surface area (Å²) in [6.45, 7) is 5.04. The first-order valence-electron chi connectivity index (χ1n) is 6.46. The van der Waals surface area contributed by atoms with Gasteiger partial charge in [-0.2, -0.15) is 5.06 Å². The lowest BCUT2D eigenvalue weighted by molar-refractivity contribution is -0.0998. The molecule has 1 aromatic heterocycles. The summed E-state index contributed by atoms with van der Waals surface area (Å²) in [6.07, 6.45) is 0.478. The van der Waals surface area contributed by atoms with E-state index in [-0.39, 0.29) is 12.0 Å². The molecule has 2 aromatic rings. The number of carbonyl (C=O) groups excluding carboxylic acids is 1. The van der Waals surface area contributed by atoms with Crippen molar-refractivity contribution >= 4 is 17.1 Å². The number of amides is 1. The normalized spacial score (nSPS) is 11.4. The Morgan fingerprint density at radius 2 is 2.05 bits per heavy atom. The van der Waals surface area contributed by atoms with Gasteiger partial charge >= 0.3 is 6.09 Å². The first-order chi connectivity index (χ1) is 9.76. The van der Waals surface area contributed by atoms with Crippen LogP contribution in [0.15, 0.2) is 39.7 Å². The molecule has 0 bridgehead atoms. The van der Waals surface area contributed by atoms with Crippen LogP contribution in [-0.2, 0) is 11.3 Å². The van der Waals surface area contributed by atoms with E-state index in [0.29, 0.717) is 21.6 Å². The third-order valence-electron chi connectivity index (χ3n) is 2.66. The van der Waals surface area contributed by atoms with Crippen LogP contribution >= 0.6 is 0 Å². The fourth-order valence-electron chi connectivity index (χ4n) is 1.78. The predicted molar refractivity (Wildman–Crippen MR) is 76.0 cm³/mol. The standard InChI is InChI=1S/C15H17NO5/c1-15(2,3)21-14(18)16(19)9-10-4-5-13-11(8-10)12(17)6-7-20-13/h4-8,19H,9H2,1-3H3. The third-order valence-corrected chi connectivity index (χ3v) is 2.66. The van der Waals surface area contributed by atoms with Crippen LogP contribution in [0.4, 0.5) is 4.79 Å². The number of hydrogen-bond acceptors (Lipinski definition) is 5. The molecule has 112 valence electrons. The third kappa shape index (κ3) is 3.82. The summed E-state index contributed by atoms with van der Waals surface area (Å²) in [5, 5.41) is 10.6. The molecule has 0 aliphatic carbocycles. The lowest BCUT2D eigenvalue weighted by Crippen LogP contribution is -2.34. The number of benzene rings is 1. The molecule has 0 aliphatic heterocycles. The summed E-state index contributed by atoms with van der Waals surface area (Å²) in [6, 6.07) is 6.18. The molecule has 0 saturated carbocycles. The van der Waals surface area contributed by atoms with Gasteiger partial charge < -0.3 is 9.15 Å². The highest BCUT2D eigenvalue weighted by molar-refractivity contribution is 5.77. The minimum atomic E-state index is -0.845. The zero-order chi connectivity index (χ0) is 15.6. The maximum Gasteiger partial charge on any atom is 0.434 e. The topological polar surface area (TPSA) is 80.0 Å². The Bertz CT molecular complexity index is 714. The molecule has 6 nitrogen and oxygen atoms in total. The molecule has 0 saturated heterocycles. The van der Waals surface area contributed by atoms with Crippen molar-refractivity contribution < 1.29 is 19.2 Å². The van der Waals surface area contributed by atoms with E-state index < -0.39 is 11.7 Å². The van der Waals surface area contributed by atoms with E-state index in [1.807, 2.05) is 0 Å². The number of nitrogens with zero attached hydrogens (tertiary/aromatic N) is 1. The summed E-state index contributed by atoms with van der Waals surface area (Å²) < 4.78 is 10.2. The van der Waals surface area contributed by atoms with Gasteiger partial charge in [-0.15, -0.1) is 0 Å². The van der Waals surface area contributed by atoms with Crippen molar-refractivity contribution in [1.82, 2.24) is 5.06 Å². The Morgan fingerprint density at radius 1 is 1.33 bits per heavy atom. The molecule has 1 amide bonds. The van der Waals surface area contributed by atoms with Gasteiger partial charge in [0.2, 0.25) is 0 Å². The van der Waals surface area contributed by atoms with E-state index in [0.717, 1.165) is 0 Å². The maximum absolute atomic E-state index is 11.7. The molecule has 2 rings (SSSR count). The van der Waals surface area contributed by atoms with E-state index in [9.17, 15) is 14.8 Å². The van der Waals surface area contributed by atoms with Gasteiger partial charge in [-0.1, -0.05) is 6.07 Å². The average molecular weight is 291 g/mol. The van der Waals surface area contributed by atoms with Crippen molar-refractivity contribution in [1.29, 1.82) is 0 Å². The van der Waals surface area contributed by atoms with E-state index >= 15 is 0 Å². The fraction of sp³-hybridized carbons (Fsp3) is 0.333. The molecule has 6 heteroatoms. The Balaban J connectivity index is 2.18. The number of hydroxylamine groups is 2. The molecule has 0 fully saturated rings. The minimum absolute atomic E-state index is 0.0841. The van der Waals surface area contributed by atoms with Crippen LogP contribution in [0.25, 0.3) is 11.0 Å². The molecule has 1 heterocycles. The van der Waals surface area contributed by atoms with Gasteiger partial charge in [-0.25, -0.2) is 4.79 Å². The lowest BCUT2D eigenvalue weighted by Gasteiger charge is -2.23. The minimum Gasteiger partial charge on any atom is -0.464 e. The van der Waals surface area contributed by atoms with E-state index in [4.69, 9.17) is 9.15 Å². The monoisotopic (exact) mass is 291 g/mol. The van der Waals surface area contributed by atoms with Gasteiger partial charge in [0.25, 0.3) is 0 Å². The quantitative estimate of drug-likeness (QED) is 0.679. The van der Waals surface area contributed by atoms with Gasteiger partial charge in [0.15, 0.2) is 5.43 Å². The summed E-state index contributed by atoms with van der Waals surface area (Å²) in [4.78, 5) is 23.4. The molecular formula is C15H17NO5. The van der Waals surface area contributed by atoms with Crippen molar-refractivity contribution in [2.24, 2.45) is 0 Å². The molecule has 0 radical (unpaired) electrons. The second-order valence-corrected chi connectivity index (χ2v) is 5.65. The van der Waals surface area contributed by atoms with Crippen LogP contribution in [-0.4, -0.2) is 22.0 Å². The molecular weight excluding hydrogens is 274 g/mol. The summed E-state index contributed by atoms with van der Waals surface area (Å²) in [5.74, 6) is 0. The second-order valence-electron chi connectivity index (χ2n) is 5.65. The van der Waals surface area contributed by atoms with Crippen LogP contribution in [0.3, 0.4) is 0 Å². The summed E-state index contributed by atoms with van der Waals surface area (Å²) >= 11 is 0. The summed E-state index contributed by atoms with van der Waals surface area (Å²) in [7, 11) is 0. The fourth-order valence-corrected chi connectivity index (χ4v) is 1.78. The van der Waals surface area contributed by atoms with Gasteiger partial charge in [0.05, 0.1) is 18.2 Å². The van der Waals surface area contributed by atoms with Crippen molar-refractivity contribution in [3.05, 3.63) is 46.3 Å². The smallest absolute Gasteiger partial charge is 0.434 e. The van der Waals surface area contributed by atoms with Crippen LogP contribution in [0.2, 0.25) is 0 Å². The van der Waals surface area contributed by atoms with Gasteiger partial charge in [0.1, 0.15) is 11.2 Å². The molecule has 1 aromatic carbocycles. The molecule has 0 spiro atoms. The number of hydrogen-bond donors (Lipinski definition) is 1. The first-order valence-corrected chi connectivity index (χ1v) is 6.46. The molecule has 0 aliphatic rings. The van der Waals surface area contributed by atoms with Gasteiger partial charge in [0, 0.05) is 6.07 Å². The number of fused-ring (bicyclic) bond motifs is 1. The molecule has 0 unspecified atom stereocenters. The molecule has 1 N–H and O–H groups in total. The van der Waals surface area contributed by atoms with Gasteiger partial charge in [-0.3, -0.25) is 10.0 Å². The van der Waals surface area contributed by atoms with Crippen LogP contribution < -0.4 is 5.43 Å². The largest absolute Gasteiger partial charge is 0.464 e. The zero-order valence-corrected chi connectivity index (χ0v) is 12.1. The van der Waals surface area contributed by atoms with E-state index in [1.54, 1.807) is 39.0 Å². The van der Waals surface area contributed by atoms with Crippen molar-refractivity contribution in [2.45, 2.75) is 32.9 Å². The number of rotatable bonds is 2. The highest BCUT2D eigenvalue weighted by Gasteiger charge is 2.21. The Morgan fingerprint density at radius 3 is 2.71 bits per heavy atom. The Labute approximate surface area is 121 Å². The van der Waals surface area contributed by atoms with Crippen molar-refractivity contribution in [3.63, 3.8) is 0 Å². The highest BCUT2D eigenvalue weighted by Crippen LogP contribution is 2.15. The average Bonchev–Trinajstić information content (AvgIpc) is 2.37. The van der Waals surface area contributed by atoms with E-state index in [1.165, 1.54) is 12.3 Å². The first kappa shape index (κ1) is 15.1. The predicted octanol–water partition coefficient (Wildman–Crippen LogP) is 2.92. The van der Waals surface area contributed by atoms with Crippen molar-refractivity contribution in [3.8, 4) is 0 Å². The number of ether oxygens (including phenoxy) is 1. The van der Waals surface area contributed by atoms with Crippen molar-refractivity contribution in [2.75, 3.05) is 0 Å². The molecule has 0 atom stereocenters. The maximum atomic E-state index is 11.7. The highest BCUT2D eigenvalue weighted by atomic mass is 16.6. The SMILES string of the molecule is CC(C)(C)OC(=O)N(O)Cc1ccc2occc(=O)c2c1. The van der Waals surface area contributed by atoms with Crippen LogP contribution in [0, 0.1) is 0 Å². The lowest BCUT2D eigenvalue weighted by atomic mass is 10.1. The van der Waals surface area contributed by atoms with Crippen LogP contribution in [0.5, 0.6) is 0 Å². The summed E-state index contributed by atoms with van der Waals surface area (Å²) in [5.41, 5.74) is 0.171. The van der Waals surface area contributed by atoms with E-state index in [2.05, 4.69) is 0 Å². The Kier molecular flexibility index (Phi) is 3.99.